The Morgan fingerprint density at radius 2 is 1.55 bits per heavy atom. The molecule has 2 N–H and O–H groups in total. The van der Waals surface area contributed by atoms with Gasteiger partial charge in [-0.15, -0.1) is 0 Å². The van der Waals surface area contributed by atoms with Crippen LogP contribution in [0.2, 0.25) is 0 Å². The van der Waals surface area contributed by atoms with Gasteiger partial charge in [0.1, 0.15) is 5.70 Å². The van der Waals surface area contributed by atoms with Crippen molar-refractivity contribution < 1.29 is 9.59 Å². The molecule has 6 heteroatoms. The van der Waals surface area contributed by atoms with Crippen molar-refractivity contribution in [2.24, 2.45) is 0 Å². The first-order valence-corrected chi connectivity index (χ1v) is 13.4. The van der Waals surface area contributed by atoms with Gasteiger partial charge in [0.25, 0.3) is 11.8 Å². The maximum absolute atomic E-state index is 13.8. The highest BCUT2D eigenvalue weighted by molar-refractivity contribution is 6.06. The molecule has 6 rings (SSSR count). The fourth-order valence-corrected chi connectivity index (χ4v) is 5.75. The summed E-state index contributed by atoms with van der Waals surface area (Å²) in [5.74, 6) is -0.433. The number of benzene rings is 3. The van der Waals surface area contributed by atoms with E-state index in [1.54, 1.807) is 18.2 Å². The predicted molar refractivity (Wildman–Crippen MR) is 151 cm³/mol. The highest BCUT2D eigenvalue weighted by Crippen LogP contribution is 2.26. The first-order chi connectivity index (χ1) is 18.7. The molecule has 3 aromatic carbocycles. The van der Waals surface area contributed by atoms with E-state index in [0.29, 0.717) is 30.4 Å². The van der Waals surface area contributed by atoms with Crippen LogP contribution in [0.1, 0.15) is 33.5 Å². The fraction of sp³-hybridized carbons (Fsp3) is 0.250. The second-order valence-electron chi connectivity index (χ2n) is 10.2. The summed E-state index contributed by atoms with van der Waals surface area (Å²) in [6.45, 7) is 2.96. The number of carbonyl (C=O) groups is 2. The molecule has 0 bridgehead atoms. The lowest BCUT2D eigenvalue weighted by Crippen LogP contribution is -2.54. The van der Waals surface area contributed by atoms with E-state index in [1.807, 2.05) is 53.6 Å². The quantitative estimate of drug-likeness (QED) is 0.389. The number of aryl methyl sites for hydroxylation is 1. The Balaban J connectivity index is 1.19. The molecular formula is C32H32N4O2. The summed E-state index contributed by atoms with van der Waals surface area (Å²) in [5.41, 5.74) is 5.60. The molecule has 1 saturated heterocycles. The second kappa shape index (κ2) is 10.7. The lowest BCUT2D eigenvalue weighted by Gasteiger charge is -2.41. The summed E-state index contributed by atoms with van der Waals surface area (Å²) in [5, 5.41) is 3.93. The molecule has 1 atom stereocenters. The third kappa shape index (κ3) is 5.00. The molecule has 4 aromatic rings. The number of rotatable bonds is 5. The summed E-state index contributed by atoms with van der Waals surface area (Å²) < 4.78 is 0. The van der Waals surface area contributed by atoms with Gasteiger partial charge in [0.15, 0.2) is 0 Å². The van der Waals surface area contributed by atoms with Crippen LogP contribution in [-0.2, 0) is 17.6 Å². The fourth-order valence-electron chi connectivity index (χ4n) is 5.75. The van der Waals surface area contributed by atoms with Gasteiger partial charge in [-0.1, -0.05) is 60.7 Å². The number of piperazine rings is 1. The van der Waals surface area contributed by atoms with Gasteiger partial charge in [-0.3, -0.25) is 14.5 Å². The number of carbonyl (C=O) groups excluding carboxylic acids is 2. The minimum Gasteiger partial charge on any atom is -0.361 e. The Labute approximate surface area is 223 Å². The lowest BCUT2D eigenvalue weighted by atomic mass is 9.87. The summed E-state index contributed by atoms with van der Waals surface area (Å²) in [7, 11) is 0. The number of aromatic nitrogens is 1. The van der Waals surface area contributed by atoms with Crippen LogP contribution in [-0.4, -0.2) is 58.8 Å². The molecule has 2 amide bonds. The van der Waals surface area contributed by atoms with Crippen LogP contribution in [0, 0.1) is 0 Å². The van der Waals surface area contributed by atoms with Crippen molar-refractivity contribution in [3.05, 3.63) is 113 Å². The second-order valence-corrected chi connectivity index (χ2v) is 10.2. The zero-order chi connectivity index (χ0) is 25.9. The number of hydrogen-bond donors (Lipinski definition) is 2. The summed E-state index contributed by atoms with van der Waals surface area (Å²) >= 11 is 0. The predicted octanol–water partition coefficient (Wildman–Crippen LogP) is 4.64. The van der Waals surface area contributed by atoms with E-state index in [2.05, 4.69) is 39.5 Å². The molecule has 1 fully saturated rings. The van der Waals surface area contributed by atoms with Gasteiger partial charge in [-0.05, 0) is 54.7 Å². The van der Waals surface area contributed by atoms with Crippen molar-refractivity contribution in [3.63, 3.8) is 0 Å². The lowest BCUT2D eigenvalue weighted by molar-refractivity contribution is -0.129. The molecule has 0 saturated carbocycles. The Morgan fingerprint density at radius 3 is 2.37 bits per heavy atom. The molecule has 2 heterocycles. The van der Waals surface area contributed by atoms with Crippen molar-refractivity contribution in [1.29, 1.82) is 0 Å². The molecule has 1 aliphatic carbocycles. The van der Waals surface area contributed by atoms with Crippen molar-refractivity contribution in [3.8, 4) is 0 Å². The van der Waals surface area contributed by atoms with E-state index in [-0.39, 0.29) is 11.8 Å². The van der Waals surface area contributed by atoms with Gasteiger partial charge >= 0.3 is 0 Å². The first-order valence-electron chi connectivity index (χ1n) is 13.4. The minimum absolute atomic E-state index is 0.145. The van der Waals surface area contributed by atoms with Crippen molar-refractivity contribution in [1.82, 2.24) is 20.1 Å². The van der Waals surface area contributed by atoms with Crippen LogP contribution in [0.15, 0.2) is 90.8 Å². The van der Waals surface area contributed by atoms with E-state index >= 15 is 0 Å². The third-order valence-electron chi connectivity index (χ3n) is 7.87. The number of para-hydroxylation sites is 1. The monoisotopic (exact) mass is 504 g/mol. The molecule has 1 aromatic heterocycles. The molecule has 192 valence electrons. The molecule has 0 spiro atoms. The topological polar surface area (TPSA) is 68.4 Å². The molecule has 0 radical (unpaired) electrons. The highest BCUT2D eigenvalue weighted by Gasteiger charge is 2.30. The smallest absolute Gasteiger partial charge is 0.270 e. The van der Waals surface area contributed by atoms with E-state index in [9.17, 15) is 9.59 Å². The number of fused-ring (bicyclic) bond motifs is 2. The Bertz CT molecular complexity index is 1480. The normalized spacial score (nSPS) is 18.3. The van der Waals surface area contributed by atoms with Crippen LogP contribution in [0.5, 0.6) is 0 Å². The maximum atomic E-state index is 13.8. The highest BCUT2D eigenvalue weighted by atomic mass is 16.2. The molecular weight excluding hydrogens is 472 g/mol. The van der Waals surface area contributed by atoms with E-state index in [4.69, 9.17) is 0 Å². The van der Waals surface area contributed by atoms with Gasteiger partial charge in [0.2, 0.25) is 0 Å². The van der Waals surface area contributed by atoms with Crippen molar-refractivity contribution in [2.75, 3.05) is 26.2 Å². The number of amides is 2. The molecule has 38 heavy (non-hydrogen) atoms. The maximum Gasteiger partial charge on any atom is 0.270 e. The van der Waals surface area contributed by atoms with Crippen LogP contribution < -0.4 is 5.32 Å². The number of aromatic amines is 1. The average Bonchev–Trinajstić information content (AvgIpc) is 3.39. The van der Waals surface area contributed by atoms with Crippen LogP contribution in [0.4, 0.5) is 0 Å². The summed E-state index contributed by atoms with van der Waals surface area (Å²) in [6, 6.07) is 26.2. The zero-order valence-corrected chi connectivity index (χ0v) is 21.4. The molecule has 0 unspecified atom stereocenters. The van der Waals surface area contributed by atoms with Crippen LogP contribution in [0.3, 0.4) is 0 Å². The Kier molecular flexibility index (Phi) is 6.80. The zero-order valence-electron chi connectivity index (χ0n) is 21.4. The van der Waals surface area contributed by atoms with Gasteiger partial charge < -0.3 is 15.2 Å². The largest absolute Gasteiger partial charge is 0.361 e. The SMILES string of the molecule is O=C(N/C(=C/c1c[nH]c2ccccc12)C(=O)N1CCN([C@H]2CCc3ccccc3C2)CC1)c1ccccc1. The number of H-pyrrole nitrogens is 1. The number of nitrogens with zero attached hydrogens (tertiary/aromatic N) is 2. The number of nitrogens with one attached hydrogen (secondary N) is 2. The Hall–Kier alpha value is -4.16. The minimum atomic E-state index is -0.287. The van der Waals surface area contributed by atoms with Gasteiger partial charge in [0.05, 0.1) is 0 Å². The van der Waals surface area contributed by atoms with Gasteiger partial charge in [0, 0.05) is 60.4 Å². The van der Waals surface area contributed by atoms with E-state index < -0.39 is 0 Å². The summed E-state index contributed by atoms with van der Waals surface area (Å²) in [6.07, 6.45) is 7.02. The molecule has 1 aliphatic heterocycles. The first kappa shape index (κ1) is 24.2. The van der Waals surface area contributed by atoms with Gasteiger partial charge in [-0.25, -0.2) is 0 Å². The standard InChI is InChI=1S/C32H32N4O2/c37-31(24-9-2-1-3-10-24)34-30(21-26-22-33-29-13-7-6-12-28(26)29)32(38)36-18-16-35(17-19-36)27-15-14-23-8-4-5-11-25(23)20-27/h1-13,21-22,27,33H,14-20H2,(H,34,37)/b30-21+/t27-/m0/s1. The third-order valence-corrected chi connectivity index (χ3v) is 7.87. The Morgan fingerprint density at radius 1 is 0.842 bits per heavy atom. The number of hydrogen-bond acceptors (Lipinski definition) is 3. The van der Waals surface area contributed by atoms with Gasteiger partial charge in [-0.2, -0.15) is 0 Å². The van der Waals surface area contributed by atoms with Crippen molar-refractivity contribution in [2.45, 2.75) is 25.3 Å². The average molecular weight is 505 g/mol. The molecule has 2 aliphatic rings. The van der Waals surface area contributed by atoms with Crippen molar-refractivity contribution >= 4 is 28.8 Å². The summed E-state index contributed by atoms with van der Waals surface area (Å²) in [4.78, 5) is 34.5. The van der Waals surface area contributed by atoms with Crippen LogP contribution >= 0.6 is 0 Å². The van der Waals surface area contributed by atoms with Crippen LogP contribution in [0.25, 0.3) is 17.0 Å². The van der Waals surface area contributed by atoms with E-state index in [0.717, 1.165) is 48.8 Å². The molecule has 6 nitrogen and oxygen atoms in total. The van der Waals surface area contributed by atoms with E-state index in [1.165, 1.54) is 11.1 Å².